The number of alkyl halides is 1. The maximum Gasteiger partial charge on any atom is 0.434 e. The van der Waals surface area contributed by atoms with E-state index >= 15 is 4.39 Å². The minimum Gasteiger partial charge on any atom is -0.468 e. The lowest BCUT2D eigenvalue weighted by molar-refractivity contribution is -0.451. The van der Waals surface area contributed by atoms with E-state index in [1.165, 1.54) is 0 Å². The smallest absolute Gasteiger partial charge is 0.434 e. The van der Waals surface area contributed by atoms with Crippen LogP contribution in [0.1, 0.15) is 26.2 Å². The molecule has 6 heterocycles. The zero-order chi connectivity index (χ0) is 22.7. The zero-order valence-electron chi connectivity index (χ0n) is 18.3. The van der Waals surface area contributed by atoms with Gasteiger partial charge >= 0.3 is 11.8 Å². The van der Waals surface area contributed by atoms with Gasteiger partial charge in [-0.25, -0.2) is 13.4 Å². The van der Waals surface area contributed by atoms with Gasteiger partial charge in [-0.1, -0.05) is 18.5 Å². The Kier molecular flexibility index (Phi) is 5.15. The molecule has 0 radical (unpaired) electrons. The van der Waals surface area contributed by atoms with Crippen molar-refractivity contribution in [1.29, 1.82) is 0 Å². The number of pyridine rings is 1. The molecule has 0 saturated carbocycles. The Morgan fingerprint density at radius 1 is 1.30 bits per heavy atom. The van der Waals surface area contributed by atoms with Gasteiger partial charge in [-0.05, 0) is 19.4 Å². The lowest BCUT2D eigenvalue weighted by Crippen LogP contribution is -2.43. The number of halogens is 3. The Bertz CT molecular complexity index is 1160. The highest BCUT2D eigenvalue weighted by Gasteiger charge is 2.49. The van der Waals surface area contributed by atoms with E-state index < -0.39 is 12.0 Å². The van der Waals surface area contributed by atoms with Crippen LogP contribution in [0.4, 0.5) is 14.6 Å². The van der Waals surface area contributed by atoms with E-state index in [0.717, 1.165) is 25.1 Å². The van der Waals surface area contributed by atoms with Crippen LogP contribution >= 0.6 is 11.6 Å². The van der Waals surface area contributed by atoms with Crippen LogP contribution < -0.4 is 9.47 Å². The summed E-state index contributed by atoms with van der Waals surface area (Å²) in [5.74, 6) is 0.117. The van der Waals surface area contributed by atoms with Gasteiger partial charge in [0, 0.05) is 23.9 Å². The van der Waals surface area contributed by atoms with Crippen LogP contribution in [-0.2, 0) is 4.74 Å². The summed E-state index contributed by atoms with van der Waals surface area (Å²) in [6.07, 6.45) is 1.41. The third-order valence-corrected chi connectivity index (χ3v) is 7.33. The molecule has 2 aromatic rings. The van der Waals surface area contributed by atoms with Gasteiger partial charge in [-0.15, -0.1) is 0 Å². The van der Waals surface area contributed by atoms with Gasteiger partial charge in [-0.3, -0.25) is 4.90 Å². The molecule has 2 saturated heterocycles. The second-order valence-electron chi connectivity index (χ2n) is 9.52. The number of aromatic nitrogens is 3. The van der Waals surface area contributed by atoms with Crippen molar-refractivity contribution in [2.75, 3.05) is 46.1 Å². The number of hydrogen-bond acceptors (Lipinski definition) is 7. The summed E-state index contributed by atoms with van der Waals surface area (Å²) >= 11 is 6.06. The topological polar surface area (TPSA) is 72.6 Å². The number of ether oxygens (including phenoxy) is 3. The molecule has 0 amide bonds. The molecule has 0 bridgehead atoms. The van der Waals surface area contributed by atoms with Crippen molar-refractivity contribution in [3.8, 4) is 11.9 Å². The van der Waals surface area contributed by atoms with Crippen molar-refractivity contribution in [3.63, 3.8) is 0 Å². The van der Waals surface area contributed by atoms with Gasteiger partial charge in [0.2, 0.25) is 5.88 Å². The van der Waals surface area contributed by atoms with Crippen molar-refractivity contribution >= 4 is 34.0 Å². The molecule has 4 aliphatic heterocycles. The fraction of sp³-hybridized carbons (Fsp3) is 0.636. The van der Waals surface area contributed by atoms with Crippen LogP contribution in [0.25, 0.3) is 10.9 Å². The average Bonchev–Trinajstić information content (AvgIpc) is 3.18. The largest absolute Gasteiger partial charge is 0.468 e. The van der Waals surface area contributed by atoms with Crippen LogP contribution in [-0.4, -0.2) is 87.9 Å². The molecule has 176 valence electrons. The first kappa shape index (κ1) is 21.4. The molecular formula is C22H25ClF2N5O3+. The Hall–Kier alpha value is -2.17. The summed E-state index contributed by atoms with van der Waals surface area (Å²) in [5, 5.41) is 0.0372. The molecule has 33 heavy (non-hydrogen) atoms. The summed E-state index contributed by atoms with van der Waals surface area (Å²) < 4.78 is 49.0. The van der Waals surface area contributed by atoms with Gasteiger partial charge in [0.15, 0.2) is 16.4 Å². The van der Waals surface area contributed by atoms with Crippen LogP contribution in [0.2, 0.25) is 5.15 Å². The van der Waals surface area contributed by atoms with E-state index in [-0.39, 0.29) is 47.2 Å². The number of rotatable bonds is 3. The van der Waals surface area contributed by atoms with E-state index in [9.17, 15) is 4.39 Å². The molecule has 0 aromatic carbocycles. The van der Waals surface area contributed by atoms with Crippen LogP contribution in [0.5, 0.6) is 11.9 Å². The minimum absolute atomic E-state index is 0.000337. The Labute approximate surface area is 194 Å². The lowest BCUT2D eigenvalue weighted by atomic mass is 9.95. The third-order valence-electron chi connectivity index (χ3n) is 7.08. The average molecular weight is 481 g/mol. The first-order valence-corrected chi connectivity index (χ1v) is 11.7. The zero-order valence-corrected chi connectivity index (χ0v) is 19.1. The summed E-state index contributed by atoms with van der Waals surface area (Å²) in [6, 6.07) is 0.0345. The van der Waals surface area contributed by atoms with Crippen LogP contribution in [0, 0.1) is 11.7 Å². The molecule has 2 aromatic heterocycles. The molecule has 8 nitrogen and oxygen atoms in total. The van der Waals surface area contributed by atoms with Crippen molar-refractivity contribution in [2.45, 2.75) is 37.9 Å². The summed E-state index contributed by atoms with van der Waals surface area (Å²) in [7, 11) is 0. The molecule has 3 atom stereocenters. The van der Waals surface area contributed by atoms with E-state index in [0.29, 0.717) is 43.9 Å². The highest BCUT2D eigenvalue weighted by atomic mass is 35.5. The standard InChI is InChI=1S/C22H25ClF2N5O3/c1-12-6-30-14(9-31-8-12)10-32-20-15-17(16(25)18(23)27-20)26-21(28-19(15)30)33-11-22-3-2-4-29(22)7-13(24)5-22/h12-13H,2-11H2,1H3/q+1/t12?,13?,22-/m0/s1. The second-order valence-corrected chi connectivity index (χ2v) is 9.88. The predicted molar refractivity (Wildman–Crippen MR) is 116 cm³/mol. The molecule has 0 spiro atoms. The quantitative estimate of drug-likeness (QED) is 0.494. The van der Waals surface area contributed by atoms with Gasteiger partial charge in [0.25, 0.3) is 0 Å². The van der Waals surface area contributed by atoms with Gasteiger partial charge in [-0.2, -0.15) is 9.97 Å². The molecular weight excluding hydrogens is 456 g/mol. The molecule has 11 heteroatoms. The lowest BCUT2D eigenvalue weighted by Gasteiger charge is -2.30. The van der Waals surface area contributed by atoms with Gasteiger partial charge in [0.05, 0.1) is 18.7 Å². The monoisotopic (exact) mass is 480 g/mol. The van der Waals surface area contributed by atoms with E-state index in [4.69, 9.17) is 25.8 Å². The normalized spacial score (nSPS) is 29.5. The molecule has 2 unspecified atom stereocenters. The first-order valence-electron chi connectivity index (χ1n) is 11.3. The van der Waals surface area contributed by atoms with Crippen molar-refractivity contribution < 1.29 is 27.6 Å². The highest BCUT2D eigenvalue weighted by Crippen LogP contribution is 2.41. The first-order chi connectivity index (χ1) is 15.9. The fourth-order valence-corrected chi connectivity index (χ4v) is 5.71. The number of nitrogens with zero attached hydrogens (tertiary/aromatic N) is 5. The van der Waals surface area contributed by atoms with Crippen LogP contribution in [0.15, 0.2) is 0 Å². The van der Waals surface area contributed by atoms with Crippen LogP contribution in [0.3, 0.4) is 0 Å². The molecule has 0 N–H and O–H groups in total. The number of hydrogen-bond donors (Lipinski definition) is 0. The Morgan fingerprint density at radius 3 is 3.06 bits per heavy atom. The number of fused-ring (bicyclic) bond motifs is 2. The van der Waals surface area contributed by atoms with Crippen molar-refractivity contribution in [1.82, 2.24) is 19.9 Å². The summed E-state index contributed by atoms with van der Waals surface area (Å²) in [4.78, 5) is 15.3. The van der Waals surface area contributed by atoms with Gasteiger partial charge in [0.1, 0.15) is 37.2 Å². The second kappa shape index (κ2) is 7.95. The third kappa shape index (κ3) is 3.54. The minimum atomic E-state index is -0.867. The maximum absolute atomic E-state index is 15.1. The van der Waals surface area contributed by atoms with Crippen molar-refractivity contribution in [3.05, 3.63) is 11.0 Å². The summed E-state index contributed by atoms with van der Waals surface area (Å²) in [5.41, 5.74) is 0.493. The van der Waals surface area contributed by atoms with E-state index in [1.807, 2.05) is 4.58 Å². The van der Waals surface area contributed by atoms with E-state index in [1.54, 1.807) is 0 Å². The molecule has 4 aliphatic rings. The summed E-state index contributed by atoms with van der Waals surface area (Å²) in [6.45, 7) is 5.41. The Balaban J connectivity index is 1.45. The molecule has 6 rings (SSSR count). The predicted octanol–water partition coefficient (Wildman–Crippen LogP) is 2.92. The molecule has 2 fully saturated rings. The fourth-order valence-electron chi connectivity index (χ4n) is 5.55. The Morgan fingerprint density at radius 2 is 2.18 bits per heavy atom. The van der Waals surface area contributed by atoms with Crippen molar-refractivity contribution in [2.24, 2.45) is 5.92 Å². The van der Waals surface area contributed by atoms with E-state index in [2.05, 4.69) is 26.8 Å². The van der Waals surface area contributed by atoms with Gasteiger partial charge < -0.3 is 14.2 Å². The SMILES string of the molecule is CC1COCC2=[N+](C1)c1nc(OC[C@@]34CCCN3CC(F)C4)nc3c(F)c(Cl)nc(c13)OC2. The molecule has 0 aliphatic carbocycles. The highest BCUT2D eigenvalue weighted by molar-refractivity contribution is 6.30. The maximum atomic E-state index is 15.1.